The zero-order valence-electron chi connectivity index (χ0n) is 5.05. The highest BCUT2D eigenvalue weighted by molar-refractivity contribution is 5.82. The second-order valence-corrected chi connectivity index (χ2v) is 1.51. The third-order valence-corrected chi connectivity index (χ3v) is 0.854. The van der Waals surface area contributed by atoms with Gasteiger partial charge in [-0.1, -0.05) is 0 Å². The summed E-state index contributed by atoms with van der Waals surface area (Å²) in [6.45, 7) is 1.52. The summed E-state index contributed by atoms with van der Waals surface area (Å²) in [6, 6.07) is -0.563. The van der Waals surface area contributed by atoms with E-state index < -0.39 is 11.9 Å². The molecule has 0 radical (unpaired) electrons. The van der Waals surface area contributed by atoms with Crippen molar-refractivity contribution in [2.75, 3.05) is 0 Å². The van der Waals surface area contributed by atoms with E-state index in [9.17, 15) is 9.59 Å². The molecule has 0 aliphatic carbocycles. The Morgan fingerprint density at radius 1 is 1.78 bits per heavy atom. The number of rotatable bonds is 3. The molecule has 5 nitrogen and oxygen atoms in total. The molecule has 52 valence electrons. The molecule has 0 heterocycles. The van der Waals surface area contributed by atoms with Crippen LogP contribution in [0.4, 0.5) is 0 Å². The van der Waals surface area contributed by atoms with Crippen molar-refractivity contribution in [3.8, 4) is 0 Å². The summed E-state index contributed by atoms with van der Waals surface area (Å²) in [5, 5.41) is 2.22. The summed E-state index contributed by atoms with van der Waals surface area (Å²) in [4.78, 5) is 20.1. The molecule has 0 saturated carbocycles. The van der Waals surface area contributed by atoms with Crippen molar-refractivity contribution in [1.82, 2.24) is 10.7 Å². The summed E-state index contributed by atoms with van der Waals surface area (Å²) >= 11 is 0. The average molecular weight is 131 g/mol. The molecule has 5 heteroatoms. The fourth-order valence-electron chi connectivity index (χ4n) is 0.303. The van der Waals surface area contributed by atoms with Gasteiger partial charge in [0, 0.05) is 0 Å². The number of nitrogens with one attached hydrogen (secondary N) is 2. The summed E-state index contributed by atoms with van der Waals surface area (Å²) in [5.41, 5.74) is 1.89. The lowest BCUT2D eigenvalue weighted by atomic mass is 10.3. The minimum Gasteiger partial charge on any atom is -0.347 e. The van der Waals surface area contributed by atoms with Crippen LogP contribution < -0.4 is 16.6 Å². The Morgan fingerprint density at radius 3 is 2.67 bits per heavy atom. The maximum Gasteiger partial charge on any atom is 0.256 e. The molecule has 1 unspecified atom stereocenters. The van der Waals surface area contributed by atoms with E-state index in [2.05, 4.69) is 5.32 Å². The average Bonchev–Trinajstić information content (AvgIpc) is 1.87. The molecule has 2 amide bonds. The van der Waals surface area contributed by atoms with Crippen molar-refractivity contribution in [3.05, 3.63) is 0 Å². The van der Waals surface area contributed by atoms with E-state index in [4.69, 9.17) is 5.84 Å². The largest absolute Gasteiger partial charge is 0.347 e. The summed E-state index contributed by atoms with van der Waals surface area (Å²) < 4.78 is 0. The van der Waals surface area contributed by atoms with Crippen LogP contribution in [0.15, 0.2) is 0 Å². The number of hydrazine groups is 1. The molecule has 0 rings (SSSR count). The topological polar surface area (TPSA) is 84.2 Å². The number of amides is 2. The van der Waals surface area contributed by atoms with Crippen molar-refractivity contribution in [2.24, 2.45) is 5.84 Å². The molecule has 9 heavy (non-hydrogen) atoms. The molecule has 1 atom stereocenters. The molecular weight excluding hydrogens is 122 g/mol. The van der Waals surface area contributed by atoms with Crippen LogP contribution in [-0.2, 0) is 9.59 Å². The van der Waals surface area contributed by atoms with Crippen molar-refractivity contribution in [1.29, 1.82) is 0 Å². The van der Waals surface area contributed by atoms with Crippen LogP contribution in [-0.4, -0.2) is 18.4 Å². The van der Waals surface area contributed by atoms with Gasteiger partial charge in [-0.2, -0.15) is 0 Å². The van der Waals surface area contributed by atoms with Gasteiger partial charge in [-0.25, -0.2) is 5.84 Å². The van der Waals surface area contributed by atoms with Gasteiger partial charge in [0.15, 0.2) is 0 Å². The molecule has 0 fully saturated rings. The molecule has 0 aliphatic heterocycles. The van der Waals surface area contributed by atoms with Crippen molar-refractivity contribution >= 4 is 12.3 Å². The van der Waals surface area contributed by atoms with Gasteiger partial charge >= 0.3 is 0 Å². The van der Waals surface area contributed by atoms with E-state index in [1.165, 1.54) is 6.92 Å². The summed E-state index contributed by atoms with van der Waals surface area (Å²) in [5.74, 6) is 4.33. The van der Waals surface area contributed by atoms with Crippen LogP contribution in [0.3, 0.4) is 0 Å². The monoisotopic (exact) mass is 131 g/mol. The van der Waals surface area contributed by atoms with Gasteiger partial charge in [0.1, 0.15) is 6.04 Å². The van der Waals surface area contributed by atoms with Gasteiger partial charge in [-0.15, -0.1) is 0 Å². The molecule has 0 bridgehead atoms. The van der Waals surface area contributed by atoms with Gasteiger partial charge < -0.3 is 5.32 Å². The molecule has 0 aliphatic rings. The van der Waals surface area contributed by atoms with Crippen LogP contribution in [0.25, 0.3) is 0 Å². The summed E-state index contributed by atoms with van der Waals surface area (Å²) in [7, 11) is 0. The quantitative estimate of drug-likeness (QED) is 0.181. The number of carbonyl (C=O) groups excluding carboxylic acids is 2. The van der Waals surface area contributed by atoms with Crippen LogP contribution in [0.1, 0.15) is 6.92 Å². The highest BCUT2D eigenvalue weighted by Crippen LogP contribution is 1.74. The van der Waals surface area contributed by atoms with Gasteiger partial charge in [-0.3, -0.25) is 15.0 Å². The minimum absolute atomic E-state index is 0.415. The van der Waals surface area contributed by atoms with E-state index >= 15 is 0 Å². The molecule has 0 saturated heterocycles. The lowest BCUT2D eigenvalue weighted by molar-refractivity contribution is -0.124. The standard InChI is InChI=1S/C4H9N3O2/c1-3(6-2-8)4(9)7-5/h2-3H,5H2,1H3,(H,6,8)(H,7,9). The number of carbonyl (C=O) groups is 2. The first-order valence-corrected chi connectivity index (χ1v) is 2.42. The Labute approximate surface area is 52.6 Å². The van der Waals surface area contributed by atoms with E-state index in [-0.39, 0.29) is 0 Å². The highest BCUT2D eigenvalue weighted by atomic mass is 16.2. The van der Waals surface area contributed by atoms with Gasteiger partial charge in [0.25, 0.3) is 5.91 Å². The van der Waals surface area contributed by atoms with Crippen LogP contribution in [0.2, 0.25) is 0 Å². The second-order valence-electron chi connectivity index (χ2n) is 1.51. The minimum atomic E-state index is -0.563. The first kappa shape index (κ1) is 7.90. The Balaban J connectivity index is 3.58. The normalized spacial score (nSPS) is 11.8. The zero-order chi connectivity index (χ0) is 7.28. The Morgan fingerprint density at radius 2 is 2.33 bits per heavy atom. The molecule has 4 N–H and O–H groups in total. The van der Waals surface area contributed by atoms with Crippen LogP contribution in [0, 0.1) is 0 Å². The second kappa shape index (κ2) is 3.85. The summed E-state index contributed by atoms with van der Waals surface area (Å²) in [6.07, 6.45) is 0.444. The highest BCUT2D eigenvalue weighted by Gasteiger charge is 2.07. The molecule has 0 aromatic carbocycles. The Hall–Kier alpha value is -1.10. The van der Waals surface area contributed by atoms with Gasteiger partial charge in [0.2, 0.25) is 6.41 Å². The molecule has 0 spiro atoms. The van der Waals surface area contributed by atoms with Crippen molar-refractivity contribution < 1.29 is 9.59 Å². The van der Waals surface area contributed by atoms with Crippen LogP contribution >= 0.6 is 0 Å². The van der Waals surface area contributed by atoms with Gasteiger partial charge in [0.05, 0.1) is 0 Å². The fourth-order valence-corrected chi connectivity index (χ4v) is 0.303. The van der Waals surface area contributed by atoms with E-state index in [0.717, 1.165) is 0 Å². The fraction of sp³-hybridized carbons (Fsp3) is 0.500. The molecule has 0 aromatic rings. The first-order chi connectivity index (χ1) is 4.22. The van der Waals surface area contributed by atoms with Crippen molar-refractivity contribution in [2.45, 2.75) is 13.0 Å². The zero-order valence-corrected chi connectivity index (χ0v) is 5.05. The third kappa shape index (κ3) is 2.65. The predicted octanol–water partition coefficient (Wildman–Crippen LogP) is -1.89. The van der Waals surface area contributed by atoms with Crippen LogP contribution in [0.5, 0.6) is 0 Å². The van der Waals surface area contributed by atoms with E-state index in [0.29, 0.717) is 6.41 Å². The smallest absolute Gasteiger partial charge is 0.256 e. The SMILES string of the molecule is CC(NC=O)C(=O)NN. The Kier molecular flexibility index (Phi) is 3.38. The first-order valence-electron chi connectivity index (χ1n) is 2.42. The maximum atomic E-state index is 10.4. The number of hydrogen-bond acceptors (Lipinski definition) is 3. The third-order valence-electron chi connectivity index (χ3n) is 0.854. The van der Waals surface area contributed by atoms with E-state index in [1.807, 2.05) is 5.43 Å². The maximum absolute atomic E-state index is 10.4. The Bertz CT molecular complexity index is 114. The molecule has 0 aromatic heterocycles. The lowest BCUT2D eigenvalue weighted by Crippen LogP contribution is -2.44. The lowest BCUT2D eigenvalue weighted by Gasteiger charge is -2.05. The van der Waals surface area contributed by atoms with Crippen molar-refractivity contribution in [3.63, 3.8) is 0 Å². The number of hydrogen-bond donors (Lipinski definition) is 3. The molecular formula is C4H9N3O2. The predicted molar refractivity (Wildman–Crippen MR) is 31.0 cm³/mol. The van der Waals surface area contributed by atoms with Gasteiger partial charge in [-0.05, 0) is 6.92 Å². The number of nitrogens with two attached hydrogens (primary N) is 1. The van der Waals surface area contributed by atoms with E-state index in [1.54, 1.807) is 0 Å².